The first-order valence-electron chi connectivity index (χ1n) is 7.45. The number of benzene rings is 1. The highest BCUT2D eigenvalue weighted by atomic mass is 16.5. The lowest BCUT2D eigenvalue weighted by Gasteiger charge is -2.19. The highest BCUT2D eigenvalue weighted by Gasteiger charge is 2.16. The summed E-state index contributed by atoms with van der Waals surface area (Å²) >= 11 is 0. The van der Waals surface area contributed by atoms with Crippen molar-refractivity contribution in [2.45, 2.75) is 53.1 Å². The van der Waals surface area contributed by atoms with Crippen molar-refractivity contribution in [3.05, 3.63) is 29.8 Å². The maximum atomic E-state index is 12.0. The van der Waals surface area contributed by atoms with Gasteiger partial charge in [0.15, 0.2) is 6.10 Å². The molecule has 112 valence electrons. The molecule has 1 amide bonds. The molecule has 0 aromatic heterocycles. The third kappa shape index (κ3) is 5.24. The molecule has 1 unspecified atom stereocenters. The minimum atomic E-state index is -0.470. The highest BCUT2D eigenvalue weighted by molar-refractivity contribution is 5.80. The molecular formula is C17H27NO2. The van der Waals surface area contributed by atoms with Crippen LogP contribution in [0.1, 0.15) is 52.5 Å². The number of hydrogen-bond donors (Lipinski definition) is 1. The summed E-state index contributed by atoms with van der Waals surface area (Å²) in [5, 5.41) is 2.92. The molecule has 1 rings (SSSR count). The van der Waals surface area contributed by atoms with Gasteiger partial charge in [-0.2, -0.15) is 0 Å². The smallest absolute Gasteiger partial charge is 0.260 e. The molecule has 1 aromatic carbocycles. The third-order valence-corrected chi connectivity index (χ3v) is 3.23. The van der Waals surface area contributed by atoms with E-state index in [1.807, 2.05) is 24.3 Å². The van der Waals surface area contributed by atoms with Crippen LogP contribution in [-0.2, 0) is 4.79 Å². The number of para-hydroxylation sites is 1. The van der Waals surface area contributed by atoms with Gasteiger partial charge in [-0.25, -0.2) is 0 Å². The monoisotopic (exact) mass is 277 g/mol. The van der Waals surface area contributed by atoms with Crippen LogP contribution in [0, 0.1) is 5.92 Å². The lowest BCUT2D eigenvalue weighted by molar-refractivity contribution is -0.127. The Bertz CT molecular complexity index is 427. The predicted molar refractivity (Wildman–Crippen MR) is 83.1 cm³/mol. The number of rotatable bonds is 7. The van der Waals surface area contributed by atoms with Gasteiger partial charge in [0.2, 0.25) is 0 Å². The second-order valence-corrected chi connectivity index (χ2v) is 5.93. The molecule has 0 heterocycles. The fraction of sp³-hybridized carbons (Fsp3) is 0.588. The van der Waals surface area contributed by atoms with Crippen LogP contribution < -0.4 is 10.1 Å². The Kier molecular flexibility index (Phi) is 6.56. The SMILES string of the molecule is CC(C)CCNC(=O)C(C)Oc1ccccc1C(C)C. The molecule has 0 aliphatic carbocycles. The van der Waals surface area contributed by atoms with Gasteiger partial charge in [-0.3, -0.25) is 4.79 Å². The molecule has 3 heteroatoms. The third-order valence-electron chi connectivity index (χ3n) is 3.23. The number of carbonyl (C=O) groups excluding carboxylic acids is 1. The molecule has 1 atom stereocenters. The van der Waals surface area contributed by atoms with Gasteiger partial charge in [0.1, 0.15) is 5.75 Å². The molecule has 0 aliphatic heterocycles. The summed E-state index contributed by atoms with van der Waals surface area (Å²) in [5.74, 6) is 1.72. The van der Waals surface area contributed by atoms with Gasteiger partial charge in [0.25, 0.3) is 5.91 Å². The molecule has 0 spiro atoms. The van der Waals surface area contributed by atoms with Crippen molar-refractivity contribution in [3.8, 4) is 5.75 Å². The lowest BCUT2D eigenvalue weighted by atomic mass is 10.0. The van der Waals surface area contributed by atoms with E-state index in [4.69, 9.17) is 4.74 Å². The van der Waals surface area contributed by atoms with E-state index in [1.54, 1.807) is 6.92 Å². The Morgan fingerprint density at radius 3 is 2.40 bits per heavy atom. The van der Waals surface area contributed by atoms with Crippen molar-refractivity contribution in [1.82, 2.24) is 5.32 Å². The zero-order chi connectivity index (χ0) is 15.1. The standard InChI is InChI=1S/C17H27NO2/c1-12(2)10-11-18-17(19)14(5)20-16-9-7-6-8-15(16)13(3)4/h6-9,12-14H,10-11H2,1-5H3,(H,18,19). The molecule has 0 fully saturated rings. The molecule has 20 heavy (non-hydrogen) atoms. The van der Waals surface area contributed by atoms with E-state index in [0.29, 0.717) is 18.4 Å². The van der Waals surface area contributed by atoms with Crippen LogP contribution in [0.3, 0.4) is 0 Å². The average molecular weight is 277 g/mol. The van der Waals surface area contributed by atoms with E-state index in [9.17, 15) is 4.79 Å². The topological polar surface area (TPSA) is 38.3 Å². The summed E-state index contributed by atoms with van der Waals surface area (Å²) in [6.45, 7) is 11.0. The Labute approximate surface area is 122 Å². The van der Waals surface area contributed by atoms with E-state index in [1.165, 1.54) is 0 Å². The molecule has 0 saturated heterocycles. The largest absolute Gasteiger partial charge is 0.481 e. The van der Waals surface area contributed by atoms with E-state index < -0.39 is 6.10 Å². The van der Waals surface area contributed by atoms with Crippen LogP contribution >= 0.6 is 0 Å². The van der Waals surface area contributed by atoms with Gasteiger partial charge < -0.3 is 10.1 Å². The van der Waals surface area contributed by atoms with E-state index in [-0.39, 0.29) is 5.91 Å². The van der Waals surface area contributed by atoms with Crippen LogP contribution in [0.5, 0.6) is 5.75 Å². The van der Waals surface area contributed by atoms with Crippen LogP contribution in [0.25, 0.3) is 0 Å². The van der Waals surface area contributed by atoms with Crippen LogP contribution in [0.4, 0.5) is 0 Å². The van der Waals surface area contributed by atoms with Gasteiger partial charge in [0.05, 0.1) is 0 Å². The Balaban J connectivity index is 2.57. The van der Waals surface area contributed by atoms with Crippen LogP contribution in [0.15, 0.2) is 24.3 Å². The second-order valence-electron chi connectivity index (χ2n) is 5.93. The van der Waals surface area contributed by atoms with E-state index in [2.05, 4.69) is 33.0 Å². The summed E-state index contributed by atoms with van der Waals surface area (Å²) in [6.07, 6.45) is 0.517. The van der Waals surface area contributed by atoms with Crippen molar-refractivity contribution in [2.24, 2.45) is 5.92 Å². The fourth-order valence-electron chi connectivity index (χ4n) is 1.94. The normalized spacial score (nSPS) is 12.6. The Hall–Kier alpha value is -1.51. The first-order chi connectivity index (χ1) is 9.41. The minimum absolute atomic E-state index is 0.0517. The van der Waals surface area contributed by atoms with Crippen molar-refractivity contribution >= 4 is 5.91 Å². The Morgan fingerprint density at radius 2 is 1.80 bits per heavy atom. The van der Waals surface area contributed by atoms with Crippen molar-refractivity contribution in [1.29, 1.82) is 0 Å². The van der Waals surface area contributed by atoms with Crippen LogP contribution in [-0.4, -0.2) is 18.6 Å². The van der Waals surface area contributed by atoms with Crippen molar-refractivity contribution in [3.63, 3.8) is 0 Å². The zero-order valence-electron chi connectivity index (χ0n) is 13.3. The predicted octanol–water partition coefficient (Wildman–Crippen LogP) is 3.74. The number of ether oxygens (including phenoxy) is 1. The summed E-state index contributed by atoms with van der Waals surface area (Å²) < 4.78 is 5.81. The van der Waals surface area contributed by atoms with Gasteiger partial charge in [0, 0.05) is 6.54 Å². The molecular weight excluding hydrogens is 250 g/mol. The number of hydrogen-bond acceptors (Lipinski definition) is 2. The molecule has 0 saturated carbocycles. The van der Waals surface area contributed by atoms with Gasteiger partial charge >= 0.3 is 0 Å². The van der Waals surface area contributed by atoms with E-state index in [0.717, 1.165) is 17.7 Å². The summed E-state index contributed by atoms with van der Waals surface area (Å²) in [4.78, 5) is 12.0. The quantitative estimate of drug-likeness (QED) is 0.824. The van der Waals surface area contributed by atoms with E-state index >= 15 is 0 Å². The maximum absolute atomic E-state index is 12.0. The molecule has 0 bridgehead atoms. The van der Waals surface area contributed by atoms with Gasteiger partial charge in [-0.15, -0.1) is 0 Å². The summed E-state index contributed by atoms with van der Waals surface area (Å²) in [5.41, 5.74) is 1.13. The molecule has 3 nitrogen and oxygen atoms in total. The lowest BCUT2D eigenvalue weighted by Crippen LogP contribution is -2.37. The van der Waals surface area contributed by atoms with Crippen molar-refractivity contribution < 1.29 is 9.53 Å². The first kappa shape index (κ1) is 16.5. The number of carbonyl (C=O) groups is 1. The number of amides is 1. The maximum Gasteiger partial charge on any atom is 0.260 e. The summed E-state index contributed by atoms with van der Waals surface area (Å²) in [6, 6.07) is 7.90. The summed E-state index contributed by atoms with van der Waals surface area (Å²) in [7, 11) is 0. The fourth-order valence-corrected chi connectivity index (χ4v) is 1.94. The zero-order valence-corrected chi connectivity index (χ0v) is 13.3. The molecule has 0 radical (unpaired) electrons. The molecule has 1 aromatic rings. The molecule has 1 N–H and O–H groups in total. The Morgan fingerprint density at radius 1 is 1.15 bits per heavy atom. The second kappa shape index (κ2) is 7.93. The van der Waals surface area contributed by atoms with Crippen molar-refractivity contribution in [2.75, 3.05) is 6.54 Å². The average Bonchev–Trinajstić information content (AvgIpc) is 2.38. The van der Waals surface area contributed by atoms with Crippen LogP contribution in [0.2, 0.25) is 0 Å². The first-order valence-corrected chi connectivity index (χ1v) is 7.45. The number of nitrogens with one attached hydrogen (secondary N) is 1. The van der Waals surface area contributed by atoms with Gasteiger partial charge in [-0.1, -0.05) is 45.9 Å². The molecule has 0 aliphatic rings. The highest BCUT2D eigenvalue weighted by Crippen LogP contribution is 2.26. The van der Waals surface area contributed by atoms with Gasteiger partial charge in [-0.05, 0) is 36.8 Å². The minimum Gasteiger partial charge on any atom is -0.481 e.